The Morgan fingerprint density at radius 2 is 2.11 bits per heavy atom. The molecule has 0 spiro atoms. The zero-order valence-electron chi connectivity index (χ0n) is 9.71. The van der Waals surface area contributed by atoms with Crippen molar-refractivity contribution >= 4 is 27.3 Å². The van der Waals surface area contributed by atoms with Crippen molar-refractivity contribution in [1.29, 1.82) is 0 Å². The lowest BCUT2D eigenvalue weighted by atomic mass is 10.0. The number of thiophene rings is 1. The van der Waals surface area contributed by atoms with Gasteiger partial charge in [-0.05, 0) is 46.1 Å². The third-order valence-corrected chi connectivity index (χ3v) is 4.48. The lowest BCUT2D eigenvalue weighted by Gasteiger charge is -2.18. The van der Waals surface area contributed by atoms with Gasteiger partial charge in [-0.15, -0.1) is 11.3 Å². The van der Waals surface area contributed by atoms with Crippen molar-refractivity contribution in [3.8, 4) is 0 Å². The molecule has 0 aliphatic carbocycles. The topological polar surface area (TPSA) is 12.0 Å². The predicted octanol–water partition coefficient (Wildman–Crippen LogP) is 4.29. The Morgan fingerprint density at radius 1 is 1.33 bits per heavy atom. The predicted molar refractivity (Wildman–Crippen MR) is 73.9 cm³/mol. The Morgan fingerprint density at radius 3 is 2.72 bits per heavy atom. The Labute approximate surface area is 117 Å². The van der Waals surface area contributed by atoms with Gasteiger partial charge in [0.25, 0.3) is 0 Å². The van der Waals surface area contributed by atoms with E-state index in [4.69, 9.17) is 0 Å². The van der Waals surface area contributed by atoms with Crippen LogP contribution in [0.3, 0.4) is 0 Å². The normalized spacial score (nSPS) is 12.7. The first-order valence-electron chi connectivity index (χ1n) is 5.46. The van der Waals surface area contributed by atoms with Crippen LogP contribution in [-0.2, 0) is 6.42 Å². The van der Waals surface area contributed by atoms with Crippen LogP contribution in [0.1, 0.15) is 16.5 Å². The summed E-state index contributed by atoms with van der Waals surface area (Å²) in [7, 11) is 1.81. The molecule has 5 heteroatoms. The summed E-state index contributed by atoms with van der Waals surface area (Å²) in [5, 5.41) is 5.13. The van der Waals surface area contributed by atoms with E-state index in [0.717, 1.165) is 18.1 Å². The molecule has 0 saturated carbocycles. The van der Waals surface area contributed by atoms with Gasteiger partial charge in [-0.2, -0.15) is 0 Å². The van der Waals surface area contributed by atoms with E-state index in [9.17, 15) is 8.78 Å². The summed E-state index contributed by atoms with van der Waals surface area (Å²) in [5.41, 5.74) is 0.727. The molecule has 0 bridgehead atoms. The number of halogens is 3. The highest BCUT2D eigenvalue weighted by molar-refractivity contribution is 9.10. The number of benzene rings is 1. The highest BCUT2D eigenvalue weighted by Crippen LogP contribution is 2.30. The second kappa shape index (κ2) is 5.91. The fourth-order valence-electron chi connectivity index (χ4n) is 1.81. The quantitative estimate of drug-likeness (QED) is 0.824. The summed E-state index contributed by atoms with van der Waals surface area (Å²) in [4.78, 5) is 1.20. The van der Waals surface area contributed by atoms with Gasteiger partial charge in [0.1, 0.15) is 0 Å². The Bertz CT molecular complexity index is 528. The van der Waals surface area contributed by atoms with E-state index in [1.165, 1.54) is 4.88 Å². The smallest absolute Gasteiger partial charge is 0.173 e. The molecule has 1 atom stereocenters. The molecule has 0 radical (unpaired) electrons. The second-order valence-electron chi connectivity index (χ2n) is 3.89. The fraction of sp³-hybridized carbons (Fsp3) is 0.231. The first-order valence-corrected chi connectivity index (χ1v) is 7.13. The first kappa shape index (κ1) is 13.6. The van der Waals surface area contributed by atoms with Crippen molar-refractivity contribution < 1.29 is 8.78 Å². The molecule has 18 heavy (non-hydrogen) atoms. The van der Waals surface area contributed by atoms with E-state index in [2.05, 4.69) is 21.2 Å². The minimum absolute atomic E-state index is 0.0480. The van der Waals surface area contributed by atoms with Gasteiger partial charge in [-0.3, -0.25) is 0 Å². The minimum Gasteiger partial charge on any atom is -0.313 e. The molecule has 1 heterocycles. The average molecular weight is 332 g/mol. The van der Waals surface area contributed by atoms with E-state index >= 15 is 0 Å². The van der Waals surface area contributed by atoms with Crippen LogP contribution in [0.4, 0.5) is 8.78 Å². The summed E-state index contributed by atoms with van der Waals surface area (Å²) < 4.78 is 26.8. The molecule has 0 saturated heterocycles. The Balaban J connectivity index is 2.30. The molecule has 1 N–H and O–H groups in total. The number of hydrogen-bond acceptors (Lipinski definition) is 2. The van der Waals surface area contributed by atoms with Crippen molar-refractivity contribution in [2.24, 2.45) is 0 Å². The lowest BCUT2D eigenvalue weighted by molar-refractivity contribution is 0.495. The molecule has 1 unspecified atom stereocenters. The summed E-state index contributed by atoms with van der Waals surface area (Å²) in [5.74, 6) is -1.67. The third-order valence-electron chi connectivity index (χ3n) is 2.77. The van der Waals surface area contributed by atoms with E-state index < -0.39 is 11.6 Å². The number of likely N-dealkylation sites (N-methyl/N-ethyl adjacent to an activating group) is 1. The van der Waals surface area contributed by atoms with Gasteiger partial charge in [-0.1, -0.05) is 12.1 Å². The third kappa shape index (κ3) is 2.79. The summed E-state index contributed by atoms with van der Waals surface area (Å²) >= 11 is 4.78. The maximum atomic E-state index is 13.5. The molecule has 1 nitrogen and oxygen atoms in total. The van der Waals surface area contributed by atoms with Crippen LogP contribution in [0.15, 0.2) is 34.1 Å². The van der Waals surface area contributed by atoms with Gasteiger partial charge >= 0.3 is 0 Å². The van der Waals surface area contributed by atoms with Crippen LogP contribution in [0, 0.1) is 11.6 Å². The van der Waals surface area contributed by atoms with E-state index in [0.29, 0.717) is 0 Å². The van der Waals surface area contributed by atoms with Gasteiger partial charge < -0.3 is 5.32 Å². The van der Waals surface area contributed by atoms with Gasteiger partial charge in [0, 0.05) is 17.3 Å². The van der Waals surface area contributed by atoms with Crippen molar-refractivity contribution in [1.82, 2.24) is 5.32 Å². The van der Waals surface area contributed by atoms with E-state index in [-0.39, 0.29) is 10.5 Å². The van der Waals surface area contributed by atoms with Crippen LogP contribution < -0.4 is 5.32 Å². The number of nitrogens with one attached hydrogen (secondary N) is 1. The van der Waals surface area contributed by atoms with Gasteiger partial charge in [0.15, 0.2) is 11.6 Å². The molecule has 96 valence electrons. The average Bonchev–Trinajstić information content (AvgIpc) is 2.87. The SMILES string of the molecule is CNC(Cc1cccs1)c1ccc(F)c(F)c1Br. The zero-order chi connectivity index (χ0) is 13.1. The second-order valence-corrected chi connectivity index (χ2v) is 5.71. The fourth-order valence-corrected chi connectivity index (χ4v) is 3.16. The molecule has 0 aliphatic heterocycles. The Hall–Kier alpha value is -0.780. The highest BCUT2D eigenvalue weighted by Gasteiger charge is 2.18. The van der Waals surface area contributed by atoms with Crippen LogP contribution >= 0.6 is 27.3 Å². The number of rotatable bonds is 4. The summed E-state index contributed by atoms with van der Waals surface area (Å²) in [6.07, 6.45) is 0.748. The standard InChI is InChI=1S/C13H12BrF2NS/c1-17-11(7-8-3-2-6-18-8)9-4-5-10(15)13(16)12(9)14/h2-6,11,17H,7H2,1H3. The molecule has 2 rings (SSSR count). The molecular formula is C13H12BrF2NS. The van der Waals surface area contributed by atoms with Crippen LogP contribution in [-0.4, -0.2) is 7.05 Å². The first-order chi connectivity index (χ1) is 8.63. The molecule has 0 amide bonds. The van der Waals surface area contributed by atoms with Gasteiger partial charge in [-0.25, -0.2) is 8.78 Å². The van der Waals surface area contributed by atoms with Crippen LogP contribution in [0.25, 0.3) is 0 Å². The van der Waals surface area contributed by atoms with Crippen molar-refractivity contribution in [2.45, 2.75) is 12.5 Å². The summed E-state index contributed by atoms with van der Waals surface area (Å²) in [6, 6.07) is 6.73. The monoisotopic (exact) mass is 331 g/mol. The Kier molecular flexibility index (Phi) is 4.48. The van der Waals surface area contributed by atoms with Crippen molar-refractivity contribution in [2.75, 3.05) is 7.05 Å². The number of hydrogen-bond donors (Lipinski definition) is 1. The maximum absolute atomic E-state index is 13.5. The minimum atomic E-state index is -0.836. The van der Waals surface area contributed by atoms with Crippen LogP contribution in [0.2, 0.25) is 0 Å². The molecular weight excluding hydrogens is 320 g/mol. The van der Waals surface area contributed by atoms with Crippen molar-refractivity contribution in [3.05, 3.63) is 56.2 Å². The molecule has 0 aliphatic rings. The maximum Gasteiger partial charge on any atom is 0.173 e. The van der Waals surface area contributed by atoms with Crippen molar-refractivity contribution in [3.63, 3.8) is 0 Å². The summed E-state index contributed by atoms with van der Waals surface area (Å²) in [6.45, 7) is 0. The largest absolute Gasteiger partial charge is 0.313 e. The van der Waals surface area contributed by atoms with E-state index in [1.54, 1.807) is 17.4 Å². The molecule has 1 aromatic carbocycles. The van der Waals surface area contributed by atoms with Crippen LogP contribution in [0.5, 0.6) is 0 Å². The molecule has 2 aromatic rings. The van der Waals surface area contributed by atoms with Gasteiger partial charge in [0.2, 0.25) is 0 Å². The van der Waals surface area contributed by atoms with Gasteiger partial charge in [0.05, 0.1) is 4.47 Å². The highest BCUT2D eigenvalue weighted by atomic mass is 79.9. The lowest BCUT2D eigenvalue weighted by Crippen LogP contribution is -2.19. The zero-order valence-corrected chi connectivity index (χ0v) is 12.1. The van der Waals surface area contributed by atoms with E-state index in [1.807, 2.05) is 24.6 Å². The molecule has 0 fully saturated rings. The molecule has 1 aromatic heterocycles.